The molecule has 0 aliphatic carbocycles. The summed E-state index contributed by atoms with van der Waals surface area (Å²) in [5.41, 5.74) is 2.12. The number of furan rings is 1. The van der Waals surface area contributed by atoms with Gasteiger partial charge in [-0.15, -0.1) is 0 Å². The Kier molecular flexibility index (Phi) is 7.01. The Hall–Kier alpha value is -4.33. The van der Waals surface area contributed by atoms with Crippen molar-refractivity contribution in [1.29, 1.82) is 0 Å². The SMILES string of the molecule is COc1cc2c(cc1NC(=O)COC(=O)[C@@H](NC(=O)c1ccccc1)C(C)C)oc1ccccc12. The number of para-hydroxylation sites is 1. The molecule has 0 saturated heterocycles. The Morgan fingerprint density at radius 2 is 1.63 bits per heavy atom. The number of hydrogen-bond donors (Lipinski definition) is 2. The van der Waals surface area contributed by atoms with Crippen LogP contribution in [0.1, 0.15) is 24.2 Å². The quantitative estimate of drug-likeness (QED) is 0.364. The second kappa shape index (κ2) is 10.3. The molecule has 1 heterocycles. The number of anilines is 1. The van der Waals surface area contributed by atoms with Crippen molar-refractivity contribution in [2.24, 2.45) is 5.92 Å². The molecule has 2 amide bonds. The number of esters is 1. The lowest BCUT2D eigenvalue weighted by molar-refractivity contribution is -0.150. The highest BCUT2D eigenvalue weighted by Gasteiger charge is 2.27. The molecular weight excluding hydrogens is 448 g/mol. The van der Waals surface area contributed by atoms with Crippen LogP contribution in [-0.4, -0.2) is 37.5 Å². The first-order valence-corrected chi connectivity index (χ1v) is 11.2. The van der Waals surface area contributed by atoms with E-state index in [1.807, 2.05) is 24.3 Å². The largest absolute Gasteiger partial charge is 0.495 e. The first kappa shape index (κ1) is 23.8. The van der Waals surface area contributed by atoms with Crippen LogP contribution in [0.3, 0.4) is 0 Å². The fourth-order valence-electron chi connectivity index (χ4n) is 3.74. The van der Waals surface area contributed by atoms with E-state index >= 15 is 0 Å². The number of ether oxygens (including phenoxy) is 2. The Balaban J connectivity index is 1.42. The summed E-state index contributed by atoms with van der Waals surface area (Å²) in [6.45, 7) is 3.04. The smallest absolute Gasteiger partial charge is 0.329 e. The normalized spacial score (nSPS) is 11.9. The van der Waals surface area contributed by atoms with Gasteiger partial charge >= 0.3 is 5.97 Å². The van der Waals surface area contributed by atoms with Crippen molar-refractivity contribution in [3.8, 4) is 5.75 Å². The van der Waals surface area contributed by atoms with Crippen molar-refractivity contribution in [3.05, 3.63) is 72.3 Å². The zero-order chi connectivity index (χ0) is 24.9. The van der Waals surface area contributed by atoms with Crippen LogP contribution >= 0.6 is 0 Å². The molecule has 1 aromatic heterocycles. The number of rotatable bonds is 8. The van der Waals surface area contributed by atoms with Gasteiger partial charge in [-0.2, -0.15) is 0 Å². The lowest BCUT2D eigenvalue weighted by atomic mass is 10.0. The molecule has 180 valence electrons. The van der Waals surface area contributed by atoms with Crippen molar-refractivity contribution in [3.63, 3.8) is 0 Å². The number of carbonyl (C=O) groups excluding carboxylic acids is 3. The summed E-state index contributed by atoms with van der Waals surface area (Å²) < 4.78 is 16.5. The predicted molar refractivity (Wildman–Crippen MR) is 132 cm³/mol. The van der Waals surface area contributed by atoms with Crippen molar-refractivity contribution < 1.29 is 28.3 Å². The van der Waals surface area contributed by atoms with Gasteiger partial charge in [-0.3, -0.25) is 9.59 Å². The van der Waals surface area contributed by atoms with Gasteiger partial charge in [-0.25, -0.2) is 4.79 Å². The molecule has 0 saturated carbocycles. The van der Waals surface area contributed by atoms with Crippen molar-refractivity contribution in [1.82, 2.24) is 5.32 Å². The maximum Gasteiger partial charge on any atom is 0.329 e. The maximum atomic E-state index is 12.6. The van der Waals surface area contributed by atoms with Crippen LogP contribution < -0.4 is 15.4 Å². The molecule has 0 unspecified atom stereocenters. The van der Waals surface area contributed by atoms with Gasteiger partial charge in [0, 0.05) is 22.4 Å². The minimum absolute atomic E-state index is 0.242. The van der Waals surface area contributed by atoms with E-state index in [4.69, 9.17) is 13.9 Å². The highest BCUT2D eigenvalue weighted by atomic mass is 16.5. The third-order valence-electron chi connectivity index (χ3n) is 5.56. The average molecular weight is 475 g/mol. The number of nitrogens with one attached hydrogen (secondary N) is 2. The van der Waals surface area contributed by atoms with Crippen molar-refractivity contribution in [2.75, 3.05) is 19.0 Å². The van der Waals surface area contributed by atoms with Crippen molar-refractivity contribution >= 4 is 45.4 Å². The minimum atomic E-state index is -0.906. The molecule has 35 heavy (non-hydrogen) atoms. The van der Waals surface area contributed by atoms with Crippen molar-refractivity contribution in [2.45, 2.75) is 19.9 Å². The number of benzene rings is 3. The van der Waals surface area contributed by atoms with Crippen LogP contribution in [-0.2, 0) is 14.3 Å². The van der Waals surface area contributed by atoms with Gasteiger partial charge in [-0.05, 0) is 30.2 Å². The summed E-state index contributed by atoms with van der Waals surface area (Å²) >= 11 is 0. The monoisotopic (exact) mass is 474 g/mol. The van der Waals surface area contributed by atoms with Crippen LogP contribution in [0.25, 0.3) is 21.9 Å². The van der Waals surface area contributed by atoms with E-state index in [0.29, 0.717) is 22.6 Å². The second-order valence-corrected chi connectivity index (χ2v) is 8.36. The van der Waals surface area contributed by atoms with E-state index in [9.17, 15) is 14.4 Å². The molecule has 0 fully saturated rings. The van der Waals surface area contributed by atoms with Gasteiger partial charge in [0.1, 0.15) is 23.0 Å². The Morgan fingerprint density at radius 3 is 2.34 bits per heavy atom. The van der Waals surface area contributed by atoms with Gasteiger partial charge in [0.15, 0.2) is 6.61 Å². The zero-order valence-corrected chi connectivity index (χ0v) is 19.7. The van der Waals surface area contributed by atoms with Crippen LogP contribution in [0.2, 0.25) is 0 Å². The molecule has 0 aliphatic heterocycles. The van der Waals surface area contributed by atoms with E-state index in [1.54, 1.807) is 56.3 Å². The van der Waals surface area contributed by atoms with E-state index in [0.717, 1.165) is 16.4 Å². The Labute approximate surface area is 202 Å². The lowest BCUT2D eigenvalue weighted by Gasteiger charge is -2.21. The third-order valence-corrected chi connectivity index (χ3v) is 5.56. The van der Waals surface area contributed by atoms with Crippen LogP contribution in [0.5, 0.6) is 5.75 Å². The lowest BCUT2D eigenvalue weighted by Crippen LogP contribution is -2.45. The van der Waals surface area contributed by atoms with Gasteiger partial charge in [0.25, 0.3) is 11.8 Å². The van der Waals surface area contributed by atoms with Gasteiger partial charge in [0.05, 0.1) is 12.8 Å². The molecule has 0 aliphatic rings. The molecule has 4 aromatic rings. The summed E-state index contributed by atoms with van der Waals surface area (Å²) in [6, 6.07) is 18.7. The summed E-state index contributed by atoms with van der Waals surface area (Å²) in [7, 11) is 1.50. The van der Waals surface area contributed by atoms with E-state index in [-0.39, 0.29) is 5.92 Å². The summed E-state index contributed by atoms with van der Waals surface area (Å²) in [4.78, 5) is 37.7. The standard InChI is InChI=1S/C27H26N2O6/c1-16(2)25(29-26(31)17-9-5-4-6-10-17)27(32)34-15-24(30)28-20-14-22-19(13-23(20)33-3)18-11-7-8-12-21(18)35-22/h4-14,16,25H,15H2,1-3H3,(H,28,30)(H,29,31)/t25-/m0/s1. The first-order valence-electron chi connectivity index (χ1n) is 11.2. The number of hydrogen-bond acceptors (Lipinski definition) is 6. The highest BCUT2D eigenvalue weighted by Crippen LogP contribution is 2.36. The zero-order valence-electron chi connectivity index (χ0n) is 19.7. The van der Waals surface area contributed by atoms with E-state index in [1.165, 1.54) is 7.11 Å². The maximum absolute atomic E-state index is 12.6. The highest BCUT2D eigenvalue weighted by molar-refractivity contribution is 6.08. The second-order valence-electron chi connectivity index (χ2n) is 8.36. The summed E-state index contributed by atoms with van der Waals surface area (Å²) in [5, 5.41) is 7.17. The molecule has 2 N–H and O–H groups in total. The molecule has 8 heteroatoms. The Morgan fingerprint density at radius 1 is 0.914 bits per heavy atom. The predicted octanol–water partition coefficient (Wildman–Crippen LogP) is 4.53. The van der Waals surface area contributed by atoms with Gasteiger partial charge in [-0.1, -0.05) is 50.2 Å². The number of carbonyl (C=O) groups is 3. The van der Waals surface area contributed by atoms with Crippen LogP contribution in [0.4, 0.5) is 5.69 Å². The number of amides is 2. The third kappa shape index (κ3) is 5.27. The van der Waals surface area contributed by atoms with E-state index < -0.39 is 30.4 Å². The molecule has 0 bridgehead atoms. The molecule has 1 atom stereocenters. The molecule has 8 nitrogen and oxygen atoms in total. The topological polar surface area (TPSA) is 107 Å². The van der Waals surface area contributed by atoms with Gasteiger partial charge in [0.2, 0.25) is 0 Å². The van der Waals surface area contributed by atoms with Gasteiger partial charge < -0.3 is 24.5 Å². The minimum Gasteiger partial charge on any atom is -0.495 e. The molecule has 4 rings (SSSR count). The van der Waals surface area contributed by atoms with Crippen LogP contribution in [0, 0.1) is 5.92 Å². The molecule has 3 aromatic carbocycles. The van der Waals surface area contributed by atoms with E-state index in [2.05, 4.69) is 10.6 Å². The fourth-order valence-corrected chi connectivity index (χ4v) is 3.74. The summed E-state index contributed by atoms with van der Waals surface area (Å²) in [6.07, 6.45) is 0. The average Bonchev–Trinajstić information content (AvgIpc) is 3.22. The number of methoxy groups -OCH3 is 1. The molecular formula is C27H26N2O6. The molecule has 0 radical (unpaired) electrons. The first-order chi connectivity index (χ1) is 16.9. The summed E-state index contributed by atoms with van der Waals surface area (Å²) in [5.74, 6) is -1.44. The fraction of sp³-hybridized carbons (Fsp3) is 0.222. The molecule has 0 spiro atoms. The van der Waals surface area contributed by atoms with Crippen LogP contribution in [0.15, 0.2) is 71.1 Å². The number of fused-ring (bicyclic) bond motifs is 3. The Bertz CT molecular complexity index is 1380.